The molecule has 0 aromatic carbocycles. The third-order valence-corrected chi connectivity index (χ3v) is 3.54. The van der Waals surface area contributed by atoms with Crippen LogP contribution in [0.1, 0.15) is 33.4 Å². The van der Waals surface area contributed by atoms with Gasteiger partial charge in [-0.05, 0) is 40.7 Å². The van der Waals surface area contributed by atoms with Gasteiger partial charge in [-0.25, -0.2) is 14.8 Å². The summed E-state index contributed by atoms with van der Waals surface area (Å²) in [5.74, 6) is 0.612. The van der Waals surface area contributed by atoms with E-state index in [4.69, 9.17) is 16.3 Å². The molecule has 1 atom stereocenters. The summed E-state index contributed by atoms with van der Waals surface area (Å²) in [7, 11) is 0. The summed E-state index contributed by atoms with van der Waals surface area (Å²) in [5.41, 5.74) is 0.346. The van der Waals surface area contributed by atoms with Crippen LogP contribution in [0.4, 0.5) is 10.7 Å². The van der Waals surface area contributed by atoms with Gasteiger partial charge in [0.15, 0.2) is 0 Å². The highest BCUT2D eigenvalue weighted by atomic mass is 35.5. The van der Waals surface area contributed by atoms with Crippen LogP contribution in [-0.4, -0.2) is 52.2 Å². The van der Waals surface area contributed by atoms with Crippen molar-refractivity contribution in [3.8, 4) is 0 Å². The molecule has 0 spiro atoms. The summed E-state index contributed by atoms with van der Waals surface area (Å²) in [4.78, 5) is 24.7. The maximum absolute atomic E-state index is 12.2. The summed E-state index contributed by atoms with van der Waals surface area (Å²) >= 11 is 6.00. The lowest BCUT2D eigenvalue weighted by Gasteiger charge is -2.40. The molecule has 22 heavy (non-hydrogen) atoms. The summed E-state index contributed by atoms with van der Waals surface area (Å²) < 4.78 is 5.44. The summed E-state index contributed by atoms with van der Waals surface area (Å²) in [6.07, 6.45) is -0.275. The maximum Gasteiger partial charge on any atom is 0.410 e. The van der Waals surface area contributed by atoms with Crippen molar-refractivity contribution in [1.29, 1.82) is 0 Å². The number of piperazine rings is 1. The molecule has 2 rings (SSSR count). The van der Waals surface area contributed by atoms with E-state index in [1.165, 1.54) is 0 Å². The van der Waals surface area contributed by atoms with Gasteiger partial charge < -0.3 is 14.5 Å². The number of carbonyl (C=O) groups is 1. The minimum absolute atomic E-state index is 0.0199. The van der Waals surface area contributed by atoms with E-state index in [0.29, 0.717) is 30.7 Å². The van der Waals surface area contributed by atoms with Gasteiger partial charge in [0, 0.05) is 31.4 Å². The molecule has 1 aromatic rings. The van der Waals surface area contributed by atoms with E-state index in [1.54, 1.807) is 11.0 Å². The third kappa shape index (κ3) is 4.22. The zero-order valence-corrected chi connectivity index (χ0v) is 14.5. The SMILES string of the molecule is Cc1cc(Cl)nc(N2CCN(C(=O)OC(C)(C)C)C(C)C2)n1. The smallest absolute Gasteiger partial charge is 0.410 e. The van der Waals surface area contributed by atoms with Crippen LogP contribution < -0.4 is 4.90 Å². The Labute approximate surface area is 136 Å². The first-order valence-electron chi connectivity index (χ1n) is 7.41. The van der Waals surface area contributed by atoms with Crippen LogP contribution >= 0.6 is 11.6 Å². The van der Waals surface area contributed by atoms with Gasteiger partial charge in [0.2, 0.25) is 5.95 Å². The van der Waals surface area contributed by atoms with E-state index in [-0.39, 0.29) is 12.1 Å². The first-order valence-corrected chi connectivity index (χ1v) is 7.79. The molecule has 1 aromatic heterocycles. The third-order valence-electron chi connectivity index (χ3n) is 3.35. The van der Waals surface area contributed by atoms with Gasteiger partial charge in [-0.3, -0.25) is 0 Å². The molecular weight excluding hydrogens is 304 g/mol. The van der Waals surface area contributed by atoms with Crippen LogP contribution in [0.5, 0.6) is 0 Å². The van der Waals surface area contributed by atoms with Crippen molar-refractivity contribution in [2.24, 2.45) is 0 Å². The van der Waals surface area contributed by atoms with Crippen molar-refractivity contribution in [2.45, 2.75) is 46.3 Å². The number of ether oxygens (including phenoxy) is 1. The van der Waals surface area contributed by atoms with Crippen molar-refractivity contribution in [3.63, 3.8) is 0 Å². The number of hydrogen-bond donors (Lipinski definition) is 0. The molecule has 0 radical (unpaired) electrons. The van der Waals surface area contributed by atoms with Gasteiger partial charge in [0.25, 0.3) is 0 Å². The molecule has 1 fully saturated rings. The predicted octanol–water partition coefficient (Wildman–Crippen LogP) is 2.88. The van der Waals surface area contributed by atoms with Gasteiger partial charge in [-0.15, -0.1) is 0 Å². The van der Waals surface area contributed by atoms with Gasteiger partial charge in [0.05, 0.1) is 0 Å². The fraction of sp³-hybridized carbons (Fsp3) is 0.667. The molecule has 122 valence electrons. The second kappa shape index (κ2) is 6.28. The fourth-order valence-electron chi connectivity index (χ4n) is 2.39. The Balaban J connectivity index is 2.05. The van der Waals surface area contributed by atoms with E-state index in [2.05, 4.69) is 9.97 Å². The molecule has 0 bridgehead atoms. The minimum Gasteiger partial charge on any atom is -0.444 e. The van der Waals surface area contributed by atoms with Crippen LogP contribution in [0.2, 0.25) is 5.15 Å². The summed E-state index contributed by atoms with van der Waals surface area (Å²) in [6.45, 7) is 11.4. The Kier molecular flexibility index (Phi) is 4.80. The van der Waals surface area contributed by atoms with E-state index >= 15 is 0 Å². The number of amides is 1. The van der Waals surface area contributed by atoms with Crippen LogP contribution in [-0.2, 0) is 4.74 Å². The molecule has 1 aliphatic rings. The highest BCUT2D eigenvalue weighted by Crippen LogP contribution is 2.20. The highest BCUT2D eigenvalue weighted by molar-refractivity contribution is 6.29. The number of aromatic nitrogens is 2. The molecule has 1 amide bonds. The van der Waals surface area contributed by atoms with Crippen LogP contribution in [0.3, 0.4) is 0 Å². The first-order chi connectivity index (χ1) is 10.2. The molecule has 2 heterocycles. The lowest BCUT2D eigenvalue weighted by atomic mass is 10.2. The van der Waals surface area contributed by atoms with Gasteiger partial charge in [-0.1, -0.05) is 11.6 Å². The molecule has 6 nitrogen and oxygen atoms in total. The van der Waals surface area contributed by atoms with E-state index in [9.17, 15) is 4.79 Å². The van der Waals surface area contributed by atoms with Crippen molar-refractivity contribution < 1.29 is 9.53 Å². The van der Waals surface area contributed by atoms with Gasteiger partial charge in [0.1, 0.15) is 10.8 Å². The van der Waals surface area contributed by atoms with Crippen LogP contribution in [0.15, 0.2) is 6.07 Å². The van der Waals surface area contributed by atoms with Crippen LogP contribution in [0, 0.1) is 6.92 Å². The molecule has 7 heteroatoms. The van der Waals surface area contributed by atoms with Gasteiger partial charge in [-0.2, -0.15) is 0 Å². The number of hydrogen-bond acceptors (Lipinski definition) is 5. The van der Waals surface area contributed by atoms with Crippen LogP contribution in [0.25, 0.3) is 0 Å². The van der Waals surface area contributed by atoms with E-state index in [1.807, 2.05) is 39.5 Å². The topological polar surface area (TPSA) is 58.6 Å². The quantitative estimate of drug-likeness (QED) is 0.743. The predicted molar refractivity (Wildman–Crippen MR) is 86.4 cm³/mol. The normalized spacial score (nSPS) is 19.3. The fourth-order valence-corrected chi connectivity index (χ4v) is 2.62. The molecular formula is C15H23ClN4O2. The Hall–Kier alpha value is -1.56. The van der Waals surface area contributed by atoms with Crippen molar-refractivity contribution in [3.05, 3.63) is 16.9 Å². The number of aryl methyl sites for hydroxylation is 1. The summed E-state index contributed by atoms with van der Waals surface area (Å²) in [6, 6.07) is 1.75. The number of anilines is 1. The lowest BCUT2D eigenvalue weighted by Crippen LogP contribution is -2.55. The average Bonchev–Trinajstić information content (AvgIpc) is 2.35. The zero-order chi connectivity index (χ0) is 16.5. The molecule has 1 saturated heterocycles. The lowest BCUT2D eigenvalue weighted by molar-refractivity contribution is 0.0158. The Bertz CT molecular complexity index is 539. The highest BCUT2D eigenvalue weighted by Gasteiger charge is 2.31. The molecule has 1 unspecified atom stereocenters. The van der Waals surface area contributed by atoms with Crippen molar-refractivity contribution in [2.75, 3.05) is 24.5 Å². The minimum atomic E-state index is -0.485. The van der Waals surface area contributed by atoms with E-state index < -0.39 is 5.60 Å². The Morgan fingerprint density at radius 1 is 1.36 bits per heavy atom. The Morgan fingerprint density at radius 3 is 2.59 bits per heavy atom. The van der Waals surface area contributed by atoms with Crippen molar-refractivity contribution >= 4 is 23.6 Å². The number of nitrogens with zero attached hydrogens (tertiary/aromatic N) is 4. The number of carbonyl (C=O) groups excluding carboxylic acids is 1. The average molecular weight is 327 g/mol. The Morgan fingerprint density at radius 2 is 2.05 bits per heavy atom. The summed E-state index contributed by atoms with van der Waals surface area (Å²) in [5, 5.41) is 0.435. The molecule has 0 aliphatic carbocycles. The van der Waals surface area contributed by atoms with E-state index in [0.717, 1.165) is 5.69 Å². The second-order valence-corrected chi connectivity index (χ2v) is 6.99. The van der Waals surface area contributed by atoms with Gasteiger partial charge >= 0.3 is 6.09 Å². The number of rotatable bonds is 1. The molecule has 0 N–H and O–H groups in total. The maximum atomic E-state index is 12.2. The standard InChI is InChI=1S/C15H23ClN4O2/c1-10-8-12(16)18-13(17-10)19-6-7-20(11(2)9-19)14(21)22-15(3,4)5/h8,11H,6-7,9H2,1-5H3. The molecule has 1 aliphatic heterocycles. The monoisotopic (exact) mass is 326 g/mol. The molecule has 0 saturated carbocycles. The zero-order valence-electron chi connectivity index (χ0n) is 13.8. The number of halogens is 1. The largest absolute Gasteiger partial charge is 0.444 e. The first kappa shape index (κ1) is 16.8. The second-order valence-electron chi connectivity index (χ2n) is 6.60. The van der Waals surface area contributed by atoms with Crippen molar-refractivity contribution in [1.82, 2.24) is 14.9 Å².